The average molecular weight is 321 g/mol. The van der Waals surface area contributed by atoms with Gasteiger partial charge in [-0.1, -0.05) is 6.42 Å². The standard InChI is InChI=1S/C14H26F3N5/c1-8-6-12(22-13(18-8)19-9(2)21-22)20-11-5-3-4-10(7-11)14(15,16)17/h8-13,18-21H,3-7H2,1-2H3. The predicted octanol–water partition coefficient (Wildman–Crippen LogP) is 1.44. The molecule has 6 unspecified atom stereocenters. The average Bonchev–Trinajstić information content (AvgIpc) is 2.78. The van der Waals surface area contributed by atoms with E-state index in [1.165, 1.54) is 0 Å². The van der Waals surface area contributed by atoms with Crippen LogP contribution < -0.4 is 21.4 Å². The molecule has 2 heterocycles. The van der Waals surface area contributed by atoms with Crippen molar-refractivity contribution in [2.24, 2.45) is 5.92 Å². The first-order chi connectivity index (χ1) is 10.3. The van der Waals surface area contributed by atoms with Gasteiger partial charge in [-0.2, -0.15) is 18.2 Å². The third-order valence-corrected chi connectivity index (χ3v) is 4.95. The highest BCUT2D eigenvalue weighted by atomic mass is 19.4. The second-order valence-electron chi connectivity index (χ2n) is 6.92. The molecule has 5 nitrogen and oxygen atoms in total. The number of hydrazine groups is 1. The lowest BCUT2D eigenvalue weighted by Crippen LogP contribution is -2.67. The van der Waals surface area contributed by atoms with E-state index in [2.05, 4.69) is 33.3 Å². The third-order valence-electron chi connectivity index (χ3n) is 4.95. The van der Waals surface area contributed by atoms with E-state index in [0.29, 0.717) is 12.5 Å². The summed E-state index contributed by atoms with van der Waals surface area (Å²) in [6.45, 7) is 4.14. The number of alkyl halides is 3. The first kappa shape index (κ1) is 16.4. The minimum absolute atomic E-state index is 0.0262. The Labute approximate surface area is 129 Å². The highest BCUT2D eigenvalue weighted by Gasteiger charge is 2.44. The first-order valence-electron chi connectivity index (χ1n) is 8.22. The van der Waals surface area contributed by atoms with Gasteiger partial charge in [0.2, 0.25) is 0 Å². The van der Waals surface area contributed by atoms with Crippen molar-refractivity contribution in [2.45, 2.75) is 82.8 Å². The monoisotopic (exact) mass is 321 g/mol. The molecule has 3 fully saturated rings. The predicted molar refractivity (Wildman–Crippen MR) is 77.3 cm³/mol. The van der Waals surface area contributed by atoms with Crippen LogP contribution in [-0.4, -0.2) is 41.9 Å². The molecule has 0 radical (unpaired) electrons. The zero-order valence-electron chi connectivity index (χ0n) is 13.1. The maximum Gasteiger partial charge on any atom is 0.391 e. The van der Waals surface area contributed by atoms with E-state index >= 15 is 0 Å². The zero-order valence-corrected chi connectivity index (χ0v) is 13.1. The van der Waals surface area contributed by atoms with Gasteiger partial charge in [0, 0.05) is 12.1 Å². The van der Waals surface area contributed by atoms with Crippen LogP contribution in [0.5, 0.6) is 0 Å². The van der Waals surface area contributed by atoms with Crippen LogP contribution in [0.1, 0.15) is 46.0 Å². The molecule has 6 atom stereocenters. The number of nitrogens with one attached hydrogen (secondary N) is 4. The molecule has 128 valence electrons. The largest absolute Gasteiger partial charge is 0.391 e. The molecular weight excluding hydrogens is 295 g/mol. The molecule has 22 heavy (non-hydrogen) atoms. The second-order valence-corrected chi connectivity index (χ2v) is 6.92. The van der Waals surface area contributed by atoms with Crippen LogP contribution in [0.4, 0.5) is 13.2 Å². The topological polar surface area (TPSA) is 51.4 Å². The first-order valence-corrected chi connectivity index (χ1v) is 8.22. The highest BCUT2D eigenvalue weighted by molar-refractivity contribution is 4.91. The van der Waals surface area contributed by atoms with Gasteiger partial charge in [-0.05, 0) is 39.5 Å². The summed E-state index contributed by atoms with van der Waals surface area (Å²) in [5.41, 5.74) is 3.33. The summed E-state index contributed by atoms with van der Waals surface area (Å²) in [5.74, 6) is -1.16. The van der Waals surface area contributed by atoms with Crippen LogP contribution in [0.3, 0.4) is 0 Å². The van der Waals surface area contributed by atoms with E-state index < -0.39 is 12.1 Å². The molecule has 0 aromatic heterocycles. The summed E-state index contributed by atoms with van der Waals surface area (Å²) in [7, 11) is 0. The van der Waals surface area contributed by atoms with E-state index in [1.807, 2.05) is 6.92 Å². The van der Waals surface area contributed by atoms with Gasteiger partial charge < -0.3 is 0 Å². The molecule has 0 bridgehead atoms. The Bertz CT molecular complexity index is 391. The Morgan fingerprint density at radius 3 is 2.59 bits per heavy atom. The molecular formula is C14H26F3N5. The van der Waals surface area contributed by atoms with Gasteiger partial charge >= 0.3 is 6.18 Å². The van der Waals surface area contributed by atoms with Gasteiger partial charge in [0.25, 0.3) is 0 Å². The molecule has 2 aliphatic heterocycles. The Balaban J connectivity index is 1.61. The number of hydrogen-bond donors (Lipinski definition) is 4. The molecule has 0 spiro atoms. The molecule has 8 heteroatoms. The normalized spacial score (nSPS) is 44.0. The van der Waals surface area contributed by atoms with Crippen molar-refractivity contribution in [1.29, 1.82) is 0 Å². The van der Waals surface area contributed by atoms with E-state index in [-0.39, 0.29) is 37.5 Å². The summed E-state index contributed by atoms with van der Waals surface area (Å²) >= 11 is 0. The number of fused-ring (bicyclic) bond motifs is 1. The lowest BCUT2D eigenvalue weighted by molar-refractivity contribution is -0.184. The number of hydrogen-bond acceptors (Lipinski definition) is 5. The number of nitrogens with zero attached hydrogens (tertiary/aromatic N) is 1. The molecule has 2 saturated heterocycles. The maximum atomic E-state index is 13.0. The SMILES string of the molecule is CC1CC(NC2CCCC(C(F)(F)F)C2)N2NC(C)NC2N1. The van der Waals surface area contributed by atoms with Crippen LogP contribution in [0.25, 0.3) is 0 Å². The molecule has 1 saturated carbocycles. The Morgan fingerprint density at radius 1 is 1.09 bits per heavy atom. The molecule has 3 rings (SSSR count). The summed E-state index contributed by atoms with van der Waals surface area (Å²) < 4.78 is 38.9. The van der Waals surface area contributed by atoms with Crippen LogP contribution >= 0.6 is 0 Å². The van der Waals surface area contributed by atoms with Gasteiger partial charge in [-0.3, -0.25) is 16.0 Å². The van der Waals surface area contributed by atoms with Crippen molar-refractivity contribution in [3.8, 4) is 0 Å². The van der Waals surface area contributed by atoms with Crippen LogP contribution in [-0.2, 0) is 0 Å². The molecule has 0 aromatic rings. The fourth-order valence-electron chi connectivity index (χ4n) is 3.90. The zero-order chi connectivity index (χ0) is 15.9. The number of rotatable bonds is 2. The molecule has 0 aromatic carbocycles. The van der Waals surface area contributed by atoms with Crippen LogP contribution in [0.2, 0.25) is 0 Å². The van der Waals surface area contributed by atoms with Crippen molar-refractivity contribution >= 4 is 0 Å². The summed E-state index contributed by atoms with van der Waals surface area (Å²) in [4.78, 5) is 0. The minimum atomic E-state index is -4.06. The second kappa shape index (κ2) is 6.24. The Morgan fingerprint density at radius 2 is 1.86 bits per heavy atom. The van der Waals surface area contributed by atoms with Gasteiger partial charge in [0.15, 0.2) is 0 Å². The van der Waals surface area contributed by atoms with E-state index in [4.69, 9.17) is 0 Å². The van der Waals surface area contributed by atoms with Crippen molar-refractivity contribution in [3.63, 3.8) is 0 Å². The van der Waals surface area contributed by atoms with Crippen molar-refractivity contribution in [2.75, 3.05) is 0 Å². The molecule has 4 N–H and O–H groups in total. The van der Waals surface area contributed by atoms with E-state index in [0.717, 1.165) is 12.8 Å². The molecule has 1 aliphatic carbocycles. The molecule has 3 aliphatic rings. The van der Waals surface area contributed by atoms with Crippen LogP contribution in [0, 0.1) is 5.92 Å². The smallest absolute Gasteiger partial charge is 0.298 e. The van der Waals surface area contributed by atoms with Gasteiger partial charge in [0.1, 0.15) is 6.29 Å². The van der Waals surface area contributed by atoms with Gasteiger partial charge in [-0.15, -0.1) is 0 Å². The van der Waals surface area contributed by atoms with Crippen molar-refractivity contribution in [1.82, 2.24) is 26.4 Å². The fourth-order valence-corrected chi connectivity index (χ4v) is 3.90. The molecule has 0 amide bonds. The van der Waals surface area contributed by atoms with Crippen molar-refractivity contribution < 1.29 is 13.2 Å². The minimum Gasteiger partial charge on any atom is -0.298 e. The highest BCUT2D eigenvalue weighted by Crippen LogP contribution is 2.37. The lowest BCUT2D eigenvalue weighted by Gasteiger charge is -2.43. The quantitative estimate of drug-likeness (QED) is 0.620. The Hall–Kier alpha value is -0.410. The fraction of sp³-hybridized carbons (Fsp3) is 1.00. The van der Waals surface area contributed by atoms with Gasteiger partial charge in [0.05, 0.1) is 18.2 Å². The number of halogens is 3. The lowest BCUT2D eigenvalue weighted by atomic mass is 9.85. The summed E-state index contributed by atoms with van der Waals surface area (Å²) in [5, 5.41) is 12.3. The van der Waals surface area contributed by atoms with Gasteiger partial charge in [-0.25, -0.2) is 5.43 Å². The third kappa shape index (κ3) is 3.56. The summed E-state index contributed by atoms with van der Waals surface area (Å²) in [6, 6.07) is 0.259. The van der Waals surface area contributed by atoms with Crippen LogP contribution in [0.15, 0.2) is 0 Å². The Kier molecular flexibility index (Phi) is 4.66. The summed E-state index contributed by atoms with van der Waals surface area (Å²) in [6.07, 6.45) is -1.02. The van der Waals surface area contributed by atoms with E-state index in [9.17, 15) is 13.2 Å². The van der Waals surface area contributed by atoms with Crippen molar-refractivity contribution in [3.05, 3.63) is 0 Å². The maximum absolute atomic E-state index is 13.0. The van der Waals surface area contributed by atoms with E-state index in [1.54, 1.807) is 0 Å².